The van der Waals surface area contributed by atoms with Gasteiger partial charge >= 0.3 is 11.9 Å². The number of nitrogens with two attached hydrogens (primary N) is 1. The van der Waals surface area contributed by atoms with Crippen molar-refractivity contribution in [3.05, 3.63) is 70.8 Å². The lowest BCUT2D eigenvalue weighted by Gasteiger charge is -1.97. The molecule has 0 spiro atoms. The van der Waals surface area contributed by atoms with Crippen LogP contribution in [0.5, 0.6) is 0 Å². The molecule has 0 heterocycles. The molecule has 0 atom stereocenters. The Morgan fingerprint density at radius 2 is 1.52 bits per heavy atom. The molecule has 2 rings (SSSR count). The van der Waals surface area contributed by atoms with E-state index in [2.05, 4.69) is 0 Å². The minimum absolute atomic E-state index is 0. The first-order chi connectivity index (χ1) is 10.5. The third-order valence-corrected chi connectivity index (χ3v) is 2.65. The zero-order valence-corrected chi connectivity index (χ0v) is 12.8. The summed E-state index contributed by atoms with van der Waals surface area (Å²) < 4.78 is 0. The van der Waals surface area contributed by atoms with E-state index in [4.69, 9.17) is 21.2 Å². The molecule has 0 saturated heterocycles. The Kier molecular flexibility index (Phi) is 8.70. The van der Waals surface area contributed by atoms with Gasteiger partial charge in [0.1, 0.15) is 0 Å². The number of nitrogens with zero attached hydrogens (tertiary/aromatic N) is 1. The van der Waals surface area contributed by atoms with Crippen LogP contribution in [-0.4, -0.2) is 22.2 Å². The molecule has 23 heavy (non-hydrogen) atoms. The van der Waals surface area contributed by atoms with Crippen LogP contribution < -0.4 is 5.73 Å². The fraction of sp³-hybridized carbons (Fsp3) is 0.0625. The minimum atomic E-state index is -1.01. The summed E-state index contributed by atoms with van der Waals surface area (Å²) in [6, 6.07) is 14.3. The second-order valence-electron chi connectivity index (χ2n) is 4.21. The molecule has 0 saturated carbocycles. The minimum Gasteiger partial charge on any atom is -0.478 e. The molecule has 4 N–H and O–H groups in total. The Morgan fingerprint density at radius 1 is 1.00 bits per heavy atom. The number of hydrogen-bond acceptors (Lipinski definition) is 4. The number of rotatable bonds is 3. The van der Waals surface area contributed by atoms with Crippen molar-refractivity contribution in [2.24, 2.45) is 5.73 Å². The summed E-state index contributed by atoms with van der Waals surface area (Å²) in [5.41, 5.74) is 6.96. The van der Waals surface area contributed by atoms with Crippen LogP contribution in [-0.2, 0) is 6.54 Å². The summed E-state index contributed by atoms with van der Waals surface area (Å²) in [5.74, 6) is -1.93. The zero-order valence-electron chi connectivity index (χ0n) is 12.0. The van der Waals surface area contributed by atoms with Crippen LogP contribution >= 0.6 is 12.4 Å². The van der Waals surface area contributed by atoms with Crippen molar-refractivity contribution >= 4 is 24.3 Å². The second-order valence-corrected chi connectivity index (χ2v) is 4.21. The first-order valence-corrected chi connectivity index (χ1v) is 6.23. The molecular weight excluding hydrogens is 320 g/mol. The van der Waals surface area contributed by atoms with Gasteiger partial charge in [0.25, 0.3) is 0 Å². The van der Waals surface area contributed by atoms with E-state index in [1.165, 1.54) is 12.1 Å². The Labute approximate surface area is 139 Å². The van der Waals surface area contributed by atoms with E-state index in [0.29, 0.717) is 12.1 Å². The lowest BCUT2D eigenvalue weighted by molar-refractivity contribution is 0.0686. The van der Waals surface area contributed by atoms with E-state index in [9.17, 15) is 9.59 Å². The van der Waals surface area contributed by atoms with E-state index in [-0.39, 0.29) is 23.5 Å². The Bertz CT molecular complexity index is 726. The molecule has 0 aromatic heterocycles. The molecule has 0 aliphatic carbocycles. The van der Waals surface area contributed by atoms with Crippen molar-refractivity contribution in [2.45, 2.75) is 6.54 Å². The van der Waals surface area contributed by atoms with Gasteiger partial charge in [-0.25, -0.2) is 9.59 Å². The standard InChI is InChI=1S/C8H9NO2.C8H5NO2.ClH/c2*9-5-6-2-1-3-7(4-6)8(10)11;/h1-4H,5,9H2,(H,10,11);1-4H,(H,10,11);1H. The Balaban J connectivity index is 0.000000403. The largest absolute Gasteiger partial charge is 0.478 e. The van der Waals surface area contributed by atoms with Crippen LogP contribution in [0.15, 0.2) is 48.5 Å². The van der Waals surface area contributed by atoms with Gasteiger partial charge in [0, 0.05) is 6.54 Å². The van der Waals surface area contributed by atoms with Crippen molar-refractivity contribution in [3.8, 4) is 6.07 Å². The summed E-state index contributed by atoms with van der Waals surface area (Å²) in [5, 5.41) is 25.5. The number of nitriles is 1. The molecule has 7 heteroatoms. The van der Waals surface area contributed by atoms with Gasteiger partial charge in [0.2, 0.25) is 0 Å². The SMILES string of the molecule is Cl.N#Cc1cccc(C(=O)O)c1.NCc1cccc(C(=O)O)c1. The van der Waals surface area contributed by atoms with Crippen LogP contribution in [0, 0.1) is 11.3 Å². The number of carboxylic acid groups (broad SMARTS) is 2. The molecular formula is C16H15ClN2O4. The van der Waals surface area contributed by atoms with Crippen molar-refractivity contribution < 1.29 is 19.8 Å². The summed E-state index contributed by atoms with van der Waals surface area (Å²) in [7, 11) is 0. The quantitative estimate of drug-likeness (QED) is 0.792. The van der Waals surface area contributed by atoms with Gasteiger partial charge in [-0.05, 0) is 35.9 Å². The zero-order chi connectivity index (χ0) is 16.5. The molecule has 0 amide bonds. The second kappa shape index (κ2) is 9.95. The number of hydrogen-bond donors (Lipinski definition) is 3. The molecule has 2 aromatic carbocycles. The first-order valence-electron chi connectivity index (χ1n) is 6.23. The van der Waals surface area contributed by atoms with E-state index in [0.717, 1.165) is 5.56 Å². The number of aromatic carboxylic acids is 2. The Morgan fingerprint density at radius 3 is 2.00 bits per heavy atom. The predicted molar refractivity (Wildman–Crippen MR) is 86.7 cm³/mol. The highest BCUT2D eigenvalue weighted by Crippen LogP contribution is 2.04. The lowest BCUT2D eigenvalue weighted by atomic mass is 10.1. The van der Waals surface area contributed by atoms with Crippen LogP contribution in [0.25, 0.3) is 0 Å². The van der Waals surface area contributed by atoms with E-state index >= 15 is 0 Å². The van der Waals surface area contributed by atoms with Crippen molar-refractivity contribution in [2.75, 3.05) is 0 Å². The van der Waals surface area contributed by atoms with Gasteiger partial charge in [-0.2, -0.15) is 5.26 Å². The van der Waals surface area contributed by atoms with Crippen LogP contribution in [0.4, 0.5) is 0 Å². The summed E-state index contributed by atoms with van der Waals surface area (Å²) in [6.45, 7) is 0.376. The highest BCUT2D eigenvalue weighted by molar-refractivity contribution is 5.88. The molecule has 0 bridgehead atoms. The lowest BCUT2D eigenvalue weighted by Crippen LogP contribution is -2.00. The first kappa shape index (κ1) is 20.1. The van der Waals surface area contributed by atoms with Gasteiger partial charge in [0.15, 0.2) is 0 Å². The molecule has 0 aliphatic rings. The number of halogens is 1. The number of carboxylic acids is 2. The molecule has 2 aromatic rings. The molecule has 120 valence electrons. The molecule has 0 radical (unpaired) electrons. The van der Waals surface area contributed by atoms with Gasteiger partial charge in [-0.15, -0.1) is 12.4 Å². The maximum absolute atomic E-state index is 10.4. The van der Waals surface area contributed by atoms with Crippen LogP contribution in [0.3, 0.4) is 0 Å². The Hall–Kier alpha value is -2.88. The third-order valence-electron chi connectivity index (χ3n) is 2.65. The fourth-order valence-electron chi connectivity index (χ4n) is 1.55. The van der Waals surface area contributed by atoms with Crippen molar-refractivity contribution in [1.82, 2.24) is 0 Å². The van der Waals surface area contributed by atoms with E-state index < -0.39 is 11.9 Å². The predicted octanol–water partition coefficient (Wildman–Crippen LogP) is 2.52. The molecule has 0 aliphatic heterocycles. The smallest absolute Gasteiger partial charge is 0.335 e. The summed E-state index contributed by atoms with van der Waals surface area (Å²) >= 11 is 0. The number of benzene rings is 2. The molecule has 0 fully saturated rings. The summed E-state index contributed by atoms with van der Waals surface area (Å²) in [4.78, 5) is 20.8. The fourth-order valence-corrected chi connectivity index (χ4v) is 1.55. The van der Waals surface area contributed by atoms with Gasteiger partial charge < -0.3 is 15.9 Å². The van der Waals surface area contributed by atoms with E-state index in [1.807, 2.05) is 6.07 Å². The normalized spacial score (nSPS) is 8.70. The topological polar surface area (TPSA) is 124 Å². The average molecular weight is 335 g/mol. The van der Waals surface area contributed by atoms with Gasteiger partial charge in [-0.1, -0.05) is 18.2 Å². The van der Waals surface area contributed by atoms with Crippen molar-refractivity contribution in [1.29, 1.82) is 5.26 Å². The maximum atomic E-state index is 10.4. The summed E-state index contributed by atoms with van der Waals surface area (Å²) in [6.07, 6.45) is 0. The van der Waals surface area contributed by atoms with Crippen LogP contribution in [0.1, 0.15) is 31.8 Å². The maximum Gasteiger partial charge on any atom is 0.335 e. The third kappa shape index (κ3) is 6.61. The monoisotopic (exact) mass is 334 g/mol. The average Bonchev–Trinajstić information content (AvgIpc) is 2.55. The van der Waals surface area contributed by atoms with Crippen molar-refractivity contribution in [3.63, 3.8) is 0 Å². The van der Waals surface area contributed by atoms with E-state index in [1.54, 1.807) is 36.4 Å². The van der Waals surface area contributed by atoms with Crippen LogP contribution in [0.2, 0.25) is 0 Å². The number of carbonyl (C=O) groups is 2. The molecule has 6 nitrogen and oxygen atoms in total. The highest BCUT2D eigenvalue weighted by Gasteiger charge is 2.01. The van der Waals surface area contributed by atoms with Gasteiger partial charge in [-0.3, -0.25) is 0 Å². The molecule has 0 unspecified atom stereocenters. The highest BCUT2D eigenvalue weighted by atomic mass is 35.5. The van der Waals surface area contributed by atoms with Gasteiger partial charge in [0.05, 0.1) is 22.8 Å².